The van der Waals surface area contributed by atoms with Crippen molar-refractivity contribution >= 4 is 17.3 Å². The highest BCUT2D eigenvalue weighted by Gasteiger charge is 2.22. The minimum Gasteiger partial charge on any atom is -0.330 e. The second-order valence-electron chi connectivity index (χ2n) is 5.41. The molecule has 1 N–H and O–H groups in total. The monoisotopic (exact) mass is 302 g/mol. The summed E-state index contributed by atoms with van der Waals surface area (Å²) in [5.74, 6) is -0.119. The van der Waals surface area contributed by atoms with Gasteiger partial charge in [0.25, 0.3) is 5.69 Å². The fourth-order valence-corrected chi connectivity index (χ4v) is 2.51. The van der Waals surface area contributed by atoms with Crippen molar-refractivity contribution in [2.24, 2.45) is 5.92 Å². The van der Waals surface area contributed by atoms with Crippen LogP contribution in [-0.4, -0.2) is 20.4 Å². The van der Waals surface area contributed by atoms with E-state index in [0.717, 1.165) is 5.56 Å². The Morgan fingerprint density at radius 2 is 2.14 bits per heavy atom. The van der Waals surface area contributed by atoms with Gasteiger partial charge in [-0.25, -0.2) is 4.98 Å². The summed E-state index contributed by atoms with van der Waals surface area (Å²) in [6.45, 7) is 5.40. The van der Waals surface area contributed by atoms with Crippen molar-refractivity contribution in [1.29, 1.82) is 0 Å². The number of aromatic nitrogens is 2. The lowest BCUT2D eigenvalue weighted by molar-refractivity contribution is -0.384. The summed E-state index contributed by atoms with van der Waals surface area (Å²) in [4.78, 5) is 26.0. The van der Waals surface area contributed by atoms with E-state index in [1.165, 1.54) is 13.0 Å². The van der Waals surface area contributed by atoms with Gasteiger partial charge in [0.2, 0.25) is 5.91 Å². The first-order valence-corrected chi connectivity index (χ1v) is 6.93. The van der Waals surface area contributed by atoms with Crippen molar-refractivity contribution in [2.45, 2.75) is 26.8 Å². The number of nitrogens with one attached hydrogen (secondary N) is 1. The number of carbonyl (C=O) groups excluding carboxylic acids is 1. The van der Waals surface area contributed by atoms with Gasteiger partial charge < -0.3 is 9.88 Å². The molecule has 0 bridgehead atoms. The van der Waals surface area contributed by atoms with Crippen molar-refractivity contribution in [3.63, 3.8) is 0 Å². The van der Waals surface area contributed by atoms with E-state index in [9.17, 15) is 14.9 Å². The van der Waals surface area contributed by atoms with Crippen LogP contribution >= 0.6 is 0 Å². The Balaban J connectivity index is 2.49. The largest absolute Gasteiger partial charge is 0.330 e. The maximum atomic E-state index is 11.3. The quantitative estimate of drug-likeness (QED) is 0.679. The molecule has 1 unspecified atom stereocenters. The predicted molar refractivity (Wildman–Crippen MR) is 82.6 cm³/mol. The van der Waals surface area contributed by atoms with Gasteiger partial charge in [0.15, 0.2) is 0 Å². The molecular formula is C15H18N4O3. The van der Waals surface area contributed by atoms with E-state index in [1.807, 2.05) is 24.6 Å². The average molecular weight is 302 g/mol. The van der Waals surface area contributed by atoms with Crippen molar-refractivity contribution in [1.82, 2.24) is 9.55 Å². The molecule has 0 spiro atoms. The third-order valence-corrected chi connectivity index (χ3v) is 3.35. The molecule has 0 radical (unpaired) electrons. The second-order valence-corrected chi connectivity index (χ2v) is 5.41. The second kappa shape index (κ2) is 6.38. The highest BCUT2D eigenvalue weighted by Crippen LogP contribution is 2.32. The molecule has 0 saturated heterocycles. The molecule has 7 heteroatoms. The zero-order valence-corrected chi connectivity index (χ0v) is 12.7. The van der Waals surface area contributed by atoms with Crippen molar-refractivity contribution in [2.75, 3.05) is 5.32 Å². The van der Waals surface area contributed by atoms with E-state index in [1.54, 1.807) is 24.7 Å². The van der Waals surface area contributed by atoms with Crippen LogP contribution in [0, 0.1) is 16.0 Å². The Morgan fingerprint density at radius 1 is 1.41 bits per heavy atom. The van der Waals surface area contributed by atoms with Crippen molar-refractivity contribution < 1.29 is 9.72 Å². The Bertz CT molecular complexity index is 680. The summed E-state index contributed by atoms with van der Waals surface area (Å²) >= 11 is 0. The van der Waals surface area contributed by atoms with Gasteiger partial charge >= 0.3 is 0 Å². The molecule has 7 nitrogen and oxygen atoms in total. The van der Waals surface area contributed by atoms with E-state index < -0.39 is 4.92 Å². The fourth-order valence-electron chi connectivity index (χ4n) is 2.51. The molecule has 22 heavy (non-hydrogen) atoms. The molecule has 1 atom stereocenters. The molecule has 0 aliphatic heterocycles. The summed E-state index contributed by atoms with van der Waals surface area (Å²) in [6.07, 6.45) is 5.20. The van der Waals surface area contributed by atoms with Gasteiger partial charge in [-0.1, -0.05) is 19.9 Å². The number of hydrogen-bond acceptors (Lipinski definition) is 4. The third kappa shape index (κ3) is 3.30. The van der Waals surface area contributed by atoms with Gasteiger partial charge in [-0.15, -0.1) is 0 Å². The molecule has 1 aromatic heterocycles. The average Bonchev–Trinajstić information content (AvgIpc) is 2.93. The van der Waals surface area contributed by atoms with E-state index in [2.05, 4.69) is 10.3 Å². The first-order chi connectivity index (χ1) is 10.4. The molecule has 2 aromatic rings. The van der Waals surface area contributed by atoms with E-state index >= 15 is 0 Å². The molecular weight excluding hydrogens is 284 g/mol. The molecule has 1 aromatic carbocycles. The number of amides is 1. The predicted octanol–water partition coefficient (Wildman–Crippen LogP) is 3.00. The number of imidazole rings is 1. The SMILES string of the molecule is CC(=O)Nc1ccc(C(C(C)C)n2ccnc2)cc1[N+](=O)[O-]. The highest BCUT2D eigenvalue weighted by molar-refractivity contribution is 5.91. The van der Waals surface area contributed by atoms with Gasteiger partial charge in [-0.05, 0) is 17.5 Å². The maximum Gasteiger partial charge on any atom is 0.293 e. The lowest BCUT2D eigenvalue weighted by atomic mass is 9.95. The minimum absolute atomic E-state index is 0.0624. The summed E-state index contributed by atoms with van der Waals surface area (Å²) < 4.78 is 1.92. The van der Waals surface area contributed by atoms with Crippen LogP contribution in [0.25, 0.3) is 0 Å². The normalized spacial score (nSPS) is 12.2. The number of hydrogen-bond donors (Lipinski definition) is 1. The summed E-state index contributed by atoms with van der Waals surface area (Å²) in [7, 11) is 0. The lowest BCUT2D eigenvalue weighted by Gasteiger charge is -2.23. The lowest BCUT2D eigenvalue weighted by Crippen LogP contribution is -2.16. The number of carbonyl (C=O) groups is 1. The molecule has 2 rings (SSSR count). The van der Waals surface area contributed by atoms with E-state index in [0.29, 0.717) is 0 Å². The highest BCUT2D eigenvalue weighted by atomic mass is 16.6. The van der Waals surface area contributed by atoms with Crippen LogP contribution in [-0.2, 0) is 4.79 Å². The maximum absolute atomic E-state index is 11.3. The van der Waals surface area contributed by atoms with Gasteiger partial charge in [0, 0.05) is 25.4 Å². The zero-order chi connectivity index (χ0) is 16.3. The zero-order valence-electron chi connectivity index (χ0n) is 12.7. The Labute approximate surface area is 128 Å². The van der Waals surface area contributed by atoms with Crippen molar-refractivity contribution in [3.05, 3.63) is 52.6 Å². The third-order valence-electron chi connectivity index (χ3n) is 3.35. The molecule has 1 amide bonds. The number of benzene rings is 1. The molecule has 116 valence electrons. The summed E-state index contributed by atoms with van der Waals surface area (Å²) in [6, 6.07) is 4.81. The molecule has 0 aliphatic rings. The van der Waals surface area contributed by atoms with Gasteiger partial charge in [-0.2, -0.15) is 0 Å². The summed E-state index contributed by atoms with van der Waals surface area (Å²) in [5.41, 5.74) is 0.890. The number of nitro groups is 1. The number of rotatable bonds is 5. The number of nitrogens with zero attached hydrogens (tertiary/aromatic N) is 3. The van der Waals surface area contributed by atoms with Gasteiger partial charge in [-0.3, -0.25) is 14.9 Å². The Kier molecular flexibility index (Phi) is 4.55. The topological polar surface area (TPSA) is 90.1 Å². The molecule has 0 fully saturated rings. The Morgan fingerprint density at radius 3 is 2.64 bits per heavy atom. The molecule has 0 aliphatic carbocycles. The van der Waals surface area contributed by atoms with Gasteiger partial charge in [0.1, 0.15) is 5.69 Å². The van der Waals surface area contributed by atoms with Crippen LogP contribution in [0.4, 0.5) is 11.4 Å². The Hall–Kier alpha value is -2.70. The number of anilines is 1. The van der Waals surface area contributed by atoms with E-state index in [-0.39, 0.29) is 29.2 Å². The van der Waals surface area contributed by atoms with Crippen LogP contribution in [0.5, 0.6) is 0 Å². The van der Waals surface area contributed by atoms with E-state index in [4.69, 9.17) is 0 Å². The van der Waals surface area contributed by atoms with Crippen molar-refractivity contribution in [3.8, 4) is 0 Å². The molecule has 0 saturated carbocycles. The van der Waals surface area contributed by atoms with Crippen LogP contribution in [0.2, 0.25) is 0 Å². The van der Waals surface area contributed by atoms with Crippen LogP contribution in [0.1, 0.15) is 32.4 Å². The standard InChI is InChI=1S/C15H18N4O3/c1-10(2)15(18-7-6-16-9-18)12-4-5-13(17-11(3)20)14(8-12)19(21)22/h4-10,15H,1-3H3,(H,17,20). The van der Waals surface area contributed by atoms with Crippen LogP contribution < -0.4 is 5.32 Å². The van der Waals surface area contributed by atoms with Crippen LogP contribution in [0.3, 0.4) is 0 Å². The number of nitro benzene ring substituents is 1. The smallest absolute Gasteiger partial charge is 0.293 e. The molecule has 1 heterocycles. The minimum atomic E-state index is -0.486. The van der Waals surface area contributed by atoms with Crippen LogP contribution in [0.15, 0.2) is 36.9 Å². The fraction of sp³-hybridized carbons (Fsp3) is 0.333. The van der Waals surface area contributed by atoms with Gasteiger partial charge in [0.05, 0.1) is 17.3 Å². The first kappa shape index (κ1) is 15.7. The first-order valence-electron chi connectivity index (χ1n) is 6.93. The summed E-state index contributed by atoms with van der Waals surface area (Å²) in [5, 5.41) is 13.8.